The van der Waals surface area contributed by atoms with Crippen LogP contribution in [0, 0.1) is 0 Å². The lowest BCUT2D eigenvalue weighted by atomic mass is 10.2. The summed E-state index contributed by atoms with van der Waals surface area (Å²) in [6, 6.07) is 16.5. The molecule has 0 aliphatic heterocycles. The Hall–Kier alpha value is -2.20. The summed E-state index contributed by atoms with van der Waals surface area (Å²) in [4.78, 5) is 4.44. The van der Waals surface area contributed by atoms with E-state index in [1.54, 1.807) is 7.11 Å². The molecule has 0 aromatic heterocycles. The van der Waals surface area contributed by atoms with Crippen LogP contribution < -0.4 is 14.4 Å². The Labute approximate surface area is 145 Å². The maximum absolute atomic E-state index is 5.75. The van der Waals surface area contributed by atoms with Crippen LogP contribution in [0.4, 0.5) is 5.69 Å². The van der Waals surface area contributed by atoms with E-state index in [4.69, 9.17) is 9.47 Å². The number of anilines is 1. The first-order valence-corrected chi connectivity index (χ1v) is 8.38. The van der Waals surface area contributed by atoms with Crippen molar-refractivity contribution in [3.63, 3.8) is 0 Å². The van der Waals surface area contributed by atoms with Gasteiger partial charge in [-0.2, -0.15) is 0 Å². The minimum absolute atomic E-state index is 0.706. The molecule has 0 atom stereocenters. The van der Waals surface area contributed by atoms with Crippen molar-refractivity contribution in [3.05, 3.63) is 54.1 Å². The molecular formula is C20H28N2O2. The summed E-state index contributed by atoms with van der Waals surface area (Å²) in [7, 11) is 5.79. The van der Waals surface area contributed by atoms with Gasteiger partial charge in [-0.15, -0.1) is 0 Å². The van der Waals surface area contributed by atoms with Crippen molar-refractivity contribution >= 4 is 5.69 Å². The van der Waals surface area contributed by atoms with E-state index in [1.165, 1.54) is 11.3 Å². The second-order valence-corrected chi connectivity index (χ2v) is 6.01. The molecule has 2 aromatic carbocycles. The van der Waals surface area contributed by atoms with Crippen LogP contribution in [0.25, 0.3) is 0 Å². The average Bonchev–Trinajstić information content (AvgIpc) is 2.60. The Morgan fingerprint density at radius 1 is 0.958 bits per heavy atom. The zero-order valence-electron chi connectivity index (χ0n) is 15.2. The van der Waals surface area contributed by atoms with Gasteiger partial charge in [0.15, 0.2) is 0 Å². The topological polar surface area (TPSA) is 24.9 Å². The van der Waals surface area contributed by atoms with E-state index in [1.807, 2.05) is 38.4 Å². The van der Waals surface area contributed by atoms with Crippen molar-refractivity contribution in [2.24, 2.45) is 0 Å². The van der Waals surface area contributed by atoms with Crippen molar-refractivity contribution in [2.75, 3.05) is 45.8 Å². The molecular weight excluding hydrogens is 300 g/mol. The van der Waals surface area contributed by atoms with Crippen LogP contribution in [-0.2, 0) is 6.54 Å². The number of methoxy groups -OCH3 is 1. The maximum atomic E-state index is 5.75. The number of hydrogen-bond acceptors (Lipinski definition) is 4. The Morgan fingerprint density at radius 2 is 1.71 bits per heavy atom. The molecule has 0 heterocycles. The van der Waals surface area contributed by atoms with E-state index >= 15 is 0 Å². The predicted molar refractivity (Wildman–Crippen MR) is 100 cm³/mol. The highest BCUT2D eigenvalue weighted by molar-refractivity contribution is 5.51. The highest BCUT2D eigenvalue weighted by Crippen LogP contribution is 2.23. The third-order valence-corrected chi connectivity index (χ3v) is 3.90. The molecule has 0 amide bonds. The molecule has 0 saturated heterocycles. The number of likely N-dealkylation sites (N-methyl/N-ethyl adjacent to an activating group) is 1. The summed E-state index contributed by atoms with van der Waals surface area (Å²) in [5, 5.41) is 0. The fourth-order valence-corrected chi connectivity index (χ4v) is 2.45. The number of ether oxygens (including phenoxy) is 2. The molecule has 0 N–H and O–H groups in total. The molecule has 0 spiro atoms. The minimum atomic E-state index is 0.706. The van der Waals surface area contributed by atoms with E-state index in [9.17, 15) is 0 Å². The number of rotatable bonds is 9. The molecule has 2 rings (SSSR count). The van der Waals surface area contributed by atoms with Gasteiger partial charge in [0, 0.05) is 31.4 Å². The van der Waals surface area contributed by atoms with Crippen molar-refractivity contribution in [1.82, 2.24) is 4.90 Å². The summed E-state index contributed by atoms with van der Waals surface area (Å²) < 4.78 is 11.1. The first-order valence-electron chi connectivity index (χ1n) is 8.38. The molecule has 0 aliphatic rings. The fraction of sp³-hybridized carbons (Fsp3) is 0.400. The van der Waals surface area contributed by atoms with Crippen molar-refractivity contribution in [2.45, 2.75) is 13.5 Å². The fourth-order valence-electron chi connectivity index (χ4n) is 2.45. The van der Waals surface area contributed by atoms with E-state index in [0.29, 0.717) is 6.61 Å². The van der Waals surface area contributed by atoms with Gasteiger partial charge in [-0.25, -0.2) is 0 Å². The molecule has 0 fully saturated rings. The van der Waals surface area contributed by atoms with Crippen molar-refractivity contribution in [1.29, 1.82) is 0 Å². The van der Waals surface area contributed by atoms with Crippen LogP contribution in [0.1, 0.15) is 12.5 Å². The van der Waals surface area contributed by atoms with Crippen LogP contribution >= 0.6 is 0 Å². The molecule has 0 bridgehead atoms. The highest BCUT2D eigenvalue weighted by Gasteiger charge is 2.07. The molecule has 130 valence electrons. The molecule has 4 heteroatoms. The Kier molecular flexibility index (Phi) is 6.94. The third-order valence-electron chi connectivity index (χ3n) is 3.90. The van der Waals surface area contributed by atoms with Gasteiger partial charge in [0.05, 0.1) is 7.11 Å². The van der Waals surface area contributed by atoms with Crippen LogP contribution in [0.5, 0.6) is 11.5 Å². The van der Waals surface area contributed by atoms with Gasteiger partial charge in [0.25, 0.3) is 0 Å². The highest BCUT2D eigenvalue weighted by atomic mass is 16.5. The lowest BCUT2D eigenvalue weighted by molar-refractivity contribution is 0.261. The van der Waals surface area contributed by atoms with Gasteiger partial charge in [-0.05, 0) is 50.8 Å². The van der Waals surface area contributed by atoms with E-state index in [2.05, 4.69) is 41.0 Å². The molecule has 4 nitrogen and oxygen atoms in total. The summed E-state index contributed by atoms with van der Waals surface area (Å²) >= 11 is 0. The molecule has 0 unspecified atom stereocenters. The van der Waals surface area contributed by atoms with Crippen LogP contribution in [0.2, 0.25) is 0 Å². The normalized spacial score (nSPS) is 10.7. The maximum Gasteiger partial charge on any atom is 0.120 e. The molecule has 24 heavy (non-hydrogen) atoms. The van der Waals surface area contributed by atoms with E-state index in [-0.39, 0.29) is 0 Å². The Morgan fingerprint density at radius 3 is 2.33 bits per heavy atom. The Bertz CT molecular complexity index is 611. The molecule has 0 aliphatic carbocycles. The lowest BCUT2D eigenvalue weighted by Crippen LogP contribution is -2.22. The molecule has 2 aromatic rings. The predicted octanol–water partition coefficient (Wildman–Crippen LogP) is 3.66. The van der Waals surface area contributed by atoms with Gasteiger partial charge in [0.1, 0.15) is 18.1 Å². The monoisotopic (exact) mass is 328 g/mol. The zero-order valence-corrected chi connectivity index (χ0v) is 15.2. The first-order chi connectivity index (χ1) is 11.6. The van der Waals surface area contributed by atoms with Gasteiger partial charge in [0.2, 0.25) is 0 Å². The van der Waals surface area contributed by atoms with Gasteiger partial charge in [-0.1, -0.05) is 18.2 Å². The summed E-state index contributed by atoms with van der Waals surface area (Å²) in [6.45, 7) is 5.59. The number of nitrogens with zero attached hydrogens (tertiary/aromatic N) is 2. The van der Waals surface area contributed by atoms with Crippen molar-refractivity contribution < 1.29 is 9.47 Å². The van der Waals surface area contributed by atoms with Crippen LogP contribution in [-0.4, -0.2) is 45.8 Å². The minimum Gasteiger partial charge on any atom is -0.497 e. The smallest absolute Gasteiger partial charge is 0.120 e. The first kappa shape index (κ1) is 18.1. The largest absolute Gasteiger partial charge is 0.497 e. The van der Waals surface area contributed by atoms with Gasteiger partial charge < -0.3 is 19.3 Å². The van der Waals surface area contributed by atoms with E-state index < -0.39 is 0 Å². The standard InChI is InChI=1S/C20H28N2O2/c1-5-22(18-7-6-8-20(15-18)23-4)16-17-9-11-19(12-10-17)24-14-13-21(2)3/h6-12,15H,5,13-14,16H2,1-4H3. The van der Waals surface area contributed by atoms with Gasteiger partial charge >= 0.3 is 0 Å². The summed E-state index contributed by atoms with van der Waals surface area (Å²) in [5.74, 6) is 1.81. The zero-order chi connectivity index (χ0) is 17.4. The summed E-state index contributed by atoms with van der Waals surface area (Å²) in [6.07, 6.45) is 0. The van der Waals surface area contributed by atoms with Crippen LogP contribution in [0.15, 0.2) is 48.5 Å². The second kappa shape index (κ2) is 9.18. The average molecular weight is 328 g/mol. The number of benzene rings is 2. The summed E-state index contributed by atoms with van der Waals surface area (Å²) in [5.41, 5.74) is 2.43. The number of hydrogen-bond donors (Lipinski definition) is 0. The SMILES string of the molecule is CCN(Cc1ccc(OCCN(C)C)cc1)c1cccc(OC)c1. The molecule has 0 radical (unpaired) electrons. The van der Waals surface area contributed by atoms with E-state index in [0.717, 1.165) is 31.1 Å². The Balaban J connectivity index is 1.97. The van der Waals surface area contributed by atoms with Gasteiger partial charge in [-0.3, -0.25) is 0 Å². The lowest BCUT2D eigenvalue weighted by Gasteiger charge is -2.24. The van der Waals surface area contributed by atoms with Crippen molar-refractivity contribution in [3.8, 4) is 11.5 Å². The van der Waals surface area contributed by atoms with Crippen LogP contribution in [0.3, 0.4) is 0 Å². The quantitative estimate of drug-likeness (QED) is 0.701. The third kappa shape index (κ3) is 5.46. The molecule has 0 saturated carbocycles. The second-order valence-electron chi connectivity index (χ2n) is 6.01.